The predicted molar refractivity (Wildman–Crippen MR) is 86.6 cm³/mol. The van der Waals surface area contributed by atoms with Gasteiger partial charge in [0.05, 0.1) is 0 Å². The molecular weight excluding hydrogens is 308 g/mol. The molecule has 1 heterocycles. The zero-order valence-electron chi connectivity index (χ0n) is 13.3. The maximum Gasteiger partial charge on any atom is 0.332 e. The van der Waals surface area contributed by atoms with Gasteiger partial charge in [-0.2, -0.15) is 0 Å². The Balaban J connectivity index is 1.83. The third-order valence-corrected chi connectivity index (χ3v) is 3.92. The number of likely N-dealkylation sites (N-methyl/N-ethyl adjacent to an activating group) is 2. The quantitative estimate of drug-likeness (QED) is 0.814. The summed E-state index contributed by atoms with van der Waals surface area (Å²) in [5.41, 5.74) is 0.525. The minimum atomic E-state index is -1.01. The standard InChI is InChI=1S/C18H16N2O4/c1-19-16(21)15(17(22)20(2)18(19)23)12-8-10-14(11-9-12)24-13-6-4-3-5-7-13/h3-11,15H,1-2H3. The number of imide groups is 2. The van der Waals surface area contributed by atoms with Crippen LogP contribution >= 0.6 is 0 Å². The first kappa shape index (κ1) is 15.7. The van der Waals surface area contributed by atoms with E-state index in [1.165, 1.54) is 14.1 Å². The minimum absolute atomic E-state index is 0.525. The highest BCUT2D eigenvalue weighted by Gasteiger charge is 2.43. The Morgan fingerprint density at radius 1 is 0.750 bits per heavy atom. The molecule has 0 aromatic heterocycles. The number of amides is 4. The number of rotatable bonds is 3. The van der Waals surface area contributed by atoms with Crippen LogP contribution in [0.25, 0.3) is 0 Å². The first-order chi connectivity index (χ1) is 11.5. The van der Waals surface area contributed by atoms with Crippen LogP contribution in [0.4, 0.5) is 4.79 Å². The number of nitrogens with zero attached hydrogens (tertiary/aromatic N) is 2. The molecule has 4 amide bonds. The number of carbonyl (C=O) groups is 3. The molecule has 2 aromatic rings. The van der Waals surface area contributed by atoms with E-state index in [2.05, 4.69) is 0 Å². The molecule has 1 aliphatic rings. The van der Waals surface area contributed by atoms with Gasteiger partial charge in [0.2, 0.25) is 11.8 Å². The third-order valence-electron chi connectivity index (χ3n) is 3.92. The van der Waals surface area contributed by atoms with E-state index in [0.29, 0.717) is 17.1 Å². The summed E-state index contributed by atoms with van der Waals surface area (Å²) in [7, 11) is 2.74. The Labute approximate surface area is 139 Å². The number of urea groups is 1. The van der Waals surface area contributed by atoms with E-state index in [0.717, 1.165) is 9.80 Å². The number of barbiturate groups is 1. The second-order valence-corrected chi connectivity index (χ2v) is 5.49. The SMILES string of the molecule is CN1C(=O)C(c2ccc(Oc3ccccc3)cc2)C(=O)N(C)C1=O. The highest BCUT2D eigenvalue weighted by atomic mass is 16.5. The zero-order chi connectivity index (χ0) is 17.3. The van der Waals surface area contributed by atoms with Crippen LogP contribution in [0.15, 0.2) is 54.6 Å². The van der Waals surface area contributed by atoms with Gasteiger partial charge in [0.15, 0.2) is 0 Å². The third kappa shape index (κ3) is 2.74. The van der Waals surface area contributed by atoms with Crippen LogP contribution in [0.2, 0.25) is 0 Å². The van der Waals surface area contributed by atoms with Crippen LogP contribution in [0.3, 0.4) is 0 Å². The molecular formula is C18H16N2O4. The van der Waals surface area contributed by atoms with E-state index < -0.39 is 23.8 Å². The fourth-order valence-corrected chi connectivity index (χ4v) is 2.54. The lowest BCUT2D eigenvalue weighted by molar-refractivity contribution is -0.143. The summed E-state index contributed by atoms with van der Waals surface area (Å²) in [6.45, 7) is 0. The number of hydrogen-bond donors (Lipinski definition) is 0. The monoisotopic (exact) mass is 324 g/mol. The molecule has 0 N–H and O–H groups in total. The van der Waals surface area contributed by atoms with Crippen molar-refractivity contribution in [2.45, 2.75) is 5.92 Å². The fraction of sp³-hybridized carbons (Fsp3) is 0.167. The van der Waals surface area contributed by atoms with Gasteiger partial charge in [0, 0.05) is 14.1 Å². The number of ether oxygens (including phenoxy) is 1. The first-order valence-electron chi connectivity index (χ1n) is 7.41. The van der Waals surface area contributed by atoms with Gasteiger partial charge < -0.3 is 4.74 Å². The lowest BCUT2D eigenvalue weighted by Gasteiger charge is -2.32. The van der Waals surface area contributed by atoms with Gasteiger partial charge in [0.25, 0.3) is 0 Å². The lowest BCUT2D eigenvalue weighted by Crippen LogP contribution is -2.55. The van der Waals surface area contributed by atoms with Crippen LogP contribution in [-0.2, 0) is 9.59 Å². The van der Waals surface area contributed by atoms with Crippen LogP contribution in [0.1, 0.15) is 11.5 Å². The van der Waals surface area contributed by atoms with Gasteiger partial charge in [-0.25, -0.2) is 4.79 Å². The second-order valence-electron chi connectivity index (χ2n) is 5.49. The van der Waals surface area contributed by atoms with E-state index in [1.54, 1.807) is 24.3 Å². The van der Waals surface area contributed by atoms with Crippen molar-refractivity contribution in [3.05, 3.63) is 60.2 Å². The van der Waals surface area contributed by atoms with Gasteiger partial charge >= 0.3 is 6.03 Å². The Morgan fingerprint density at radius 3 is 1.79 bits per heavy atom. The van der Waals surface area contributed by atoms with Gasteiger partial charge in [-0.05, 0) is 29.8 Å². The van der Waals surface area contributed by atoms with E-state index in [-0.39, 0.29) is 0 Å². The molecule has 0 saturated carbocycles. The van der Waals surface area contributed by atoms with Crippen molar-refractivity contribution in [2.24, 2.45) is 0 Å². The molecule has 2 aromatic carbocycles. The van der Waals surface area contributed by atoms with Crippen LogP contribution < -0.4 is 4.74 Å². The number of benzene rings is 2. The molecule has 3 rings (SSSR count). The predicted octanol–water partition coefficient (Wildman–Crippen LogP) is 2.61. The van der Waals surface area contributed by atoms with Crippen LogP contribution in [-0.4, -0.2) is 41.7 Å². The summed E-state index contributed by atoms with van der Waals surface area (Å²) in [4.78, 5) is 38.3. The Hall–Kier alpha value is -3.15. The fourth-order valence-electron chi connectivity index (χ4n) is 2.54. The summed E-state index contributed by atoms with van der Waals surface area (Å²) >= 11 is 0. The van der Waals surface area contributed by atoms with Crippen LogP contribution in [0, 0.1) is 0 Å². The van der Waals surface area contributed by atoms with Crippen molar-refractivity contribution in [1.29, 1.82) is 0 Å². The van der Waals surface area contributed by atoms with E-state index in [1.807, 2.05) is 30.3 Å². The van der Waals surface area contributed by atoms with Gasteiger partial charge in [-0.15, -0.1) is 0 Å². The molecule has 1 fully saturated rings. The maximum absolute atomic E-state index is 12.3. The van der Waals surface area contributed by atoms with Crippen molar-refractivity contribution in [3.8, 4) is 11.5 Å². The normalized spacial score (nSPS) is 15.8. The van der Waals surface area contributed by atoms with Crippen molar-refractivity contribution in [2.75, 3.05) is 14.1 Å². The van der Waals surface area contributed by atoms with Crippen molar-refractivity contribution in [1.82, 2.24) is 9.80 Å². The maximum atomic E-state index is 12.3. The Bertz CT molecular complexity index is 762. The summed E-state index contributed by atoms with van der Waals surface area (Å²) < 4.78 is 5.69. The summed E-state index contributed by atoms with van der Waals surface area (Å²) in [5.74, 6) is -0.776. The molecule has 0 atom stereocenters. The van der Waals surface area contributed by atoms with Gasteiger partial charge in [-0.1, -0.05) is 30.3 Å². The highest BCUT2D eigenvalue weighted by molar-refractivity contribution is 6.19. The topological polar surface area (TPSA) is 66.9 Å². The molecule has 6 nitrogen and oxygen atoms in total. The molecule has 0 aliphatic carbocycles. The molecule has 24 heavy (non-hydrogen) atoms. The molecule has 122 valence electrons. The van der Waals surface area contributed by atoms with E-state index in [9.17, 15) is 14.4 Å². The Kier molecular flexibility index (Phi) is 4.04. The number of hydrogen-bond acceptors (Lipinski definition) is 4. The Morgan fingerprint density at radius 2 is 1.25 bits per heavy atom. The van der Waals surface area contributed by atoms with Crippen LogP contribution in [0.5, 0.6) is 11.5 Å². The molecule has 0 bridgehead atoms. The number of para-hydroxylation sites is 1. The summed E-state index contributed by atoms with van der Waals surface area (Å²) in [6.07, 6.45) is 0. The minimum Gasteiger partial charge on any atom is -0.457 e. The molecule has 0 spiro atoms. The zero-order valence-corrected chi connectivity index (χ0v) is 13.3. The highest BCUT2D eigenvalue weighted by Crippen LogP contribution is 2.28. The summed E-state index contributed by atoms with van der Waals surface area (Å²) in [6, 6.07) is 15.4. The van der Waals surface area contributed by atoms with E-state index in [4.69, 9.17) is 4.74 Å². The average molecular weight is 324 g/mol. The molecule has 1 saturated heterocycles. The summed E-state index contributed by atoms with van der Waals surface area (Å²) in [5, 5.41) is 0. The van der Waals surface area contributed by atoms with Gasteiger partial charge in [0.1, 0.15) is 17.4 Å². The van der Waals surface area contributed by atoms with Crippen molar-refractivity contribution >= 4 is 17.8 Å². The van der Waals surface area contributed by atoms with Crippen molar-refractivity contribution in [3.63, 3.8) is 0 Å². The molecule has 6 heteroatoms. The van der Waals surface area contributed by atoms with Crippen molar-refractivity contribution < 1.29 is 19.1 Å². The average Bonchev–Trinajstić information content (AvgIpc) is 2.61. The smallest absolute Gasteiger partial charge is 0.332 e. The molecule has 0 unspecified atom stereocenters. The first-order valence-corrected chi connectivity index (χ1v) is 7.41. The molecule has 0 radical (unpaired) electrons. The van der Waals surface area contributed by atoms with E-state index >= 15 is 0 Å². The lowest BCUT2D eigenvalue weighted by atomic mass is 9.94. The largest absolute Gasteiger partial charge is 0.457 e. The van der Waals surface area contributed by atoms with Gasteiger partial charge in [-0.3, -0.25) is 19.4 Å². The molecule has 1 aliphatic heterocycles. The number of carbonyl (C=O) groups excluding carboxylic acids is 3. The second kappa shape index (κ2) is 6.16.